The summed E-state index contributed by atoms with van der Waals surface area (Å²) in [5.41, 5.74) is 6.86. The van der Waals surface area contributed by atoms with Crippen LogP contribution in [0.25, 0.3) is 0 Å². The molecule has 0 spiro atoms. The highest BCUT2D eigenvalue weighted by atomic mass is 19.1. The van der Waals surface area contributed by atoms with Crippen molar-refractivity contribution in [2.75, 3.05) is 19.6 Å². The first-order valence-corrected chi connectivity index (χ1v) is 5.87. The highest BCUT2D eigenvalue weighted by Gasteiger charge is 2.26. The van der Waals surface area contributed by atoms with E-state index in [0.717, 1.165) is 18.5 Å². The summed E-state index contributed by atoms with van der Waals surface area (Å²) in [6.07, 6.45) is 0.941. The average Bonchev–Trinajstić information content (AvgIpc) is 2.80. The largest absolute Gasteiger partial charge is 0.338 e. The fourth-order valence-corrected chi connectivity index (χ4v) is 2.20. The van der Waals surface area contributed by atoms with Gasteiger partial charge in [0.15, 0.2) is 0 Å². The lowest BCUT2D eigenvalue weighted by molar-refractivity contribution is 0.0786. The molecule has 17 heavy (non-hydrogen) atoms. The topological polar surface area (TPSA) is 46.3 Å². The van der Waals surface area contributed by atoms with Gasteiger partial charge in [0.05, 0.1) is 0 Å². The molecule has 0 radical (unpaired) electrons. The quantitative estimate of drug-likeness (QED) is 0.847. The molecule has 0 unspecified atom stereocenters. The molecule has 1 saturated heterocycles. The van der Waals surface area contributed by atoms with Crippen molar-refractivity contribution < 1.29 is 9.18 Å². The third-order valence-corrected chi connectivity index (χ3v) is 3.34. The summed E-state index contributed by atoms with van der Waals surface area (Å²) in [7, 11) is 0. The second kappa shape index (κ2) is 4.84. The van der Waals surface area contributed by atoms with Crippen LogP contribution >= 0.6 is 0 Å². The summed E-state index contributed by atoms with van der Waals surface area (Å²) in [6, 6.07) is 4.32. The van der Waals surface area contributed by atoms with Crippen LogP contribution in [0.15, 0.2) is 18.2 Å². The minimum Gasteiger partial charge on any atom is -0.338 e. The van der Waals surface area contributed by atoms with E-state index in [1.807, 2.05) is 6.92 Å². The lowest BCUT2D eigenvalue weighted by Crippen LogP contribution is -2.30. The molecule has 1 aliphatic rings. The van der Waals surface area contributed by atoms with Gasteiger partial charge >= 0.3 is 0 Å². The van der Waals surface area contributed by atoms with Gasteiger partial charge < -0.3 is 10.6 Å². The number of halogens is 1. The van der Waals surface area contributed by atoms with Crippen molar-refractivity contribution in [1.29, 1.82) is 0 Å². The molecule has 1 aliphatic heterocycles. The zero-order valence-electron chi connectivity index (χ0n) is 9.95. The fourth-order valence-electron chi connectivity index (χ4n) is 2.20. The van der Waals surface area contributed by atoms with Crippen molar-refractivity contribution >= 4 is 5.91 Å². The molecule has 4 heteroatoms. The Balaban J connectivity index is 2.17. The Labute approximate surface area is 100 Å². The molecule has 1 fully saturated rings. The van der Waals surface area contributed by atoms with Gasteiger partial charge in [-0.2, -0.15) is 0 Å². The summed E-state index contributed by atoms with van der Waals surface area (Å²) in [4.78, 5) is 14.0. The van der Waals surface area contributed by atoms with Crippen LogP contribution in [0.1, 0.15) is 22.3 Å². The van der Waals surface area contributed by atoms with Crippen molar-refractivity contribution in [3.8, 4) is 0 Å². The molecule has 2 rings (SSSR count). The number of nitrogens with two attached hydrogens (primary N) is 1. The van der Waals surface area contributed by atoms with Gasteiger partial charge in [-0.15, -0.1) is 0 Å². The van der Waals surface area contributed by atoms with Gasteiger partial charge in [0, 0.05) is 18.7 Å². The maximum absolute atomic E-state index is 13.1. The van der Waals surface area contributed by atoms with Gasteiger partial charge in [-0.3, -0.25) is 4.79 Å². The average molecular weight is 236 g/mol. The summed E-state index contributed by atoms with van der Waals surface area (Å²) < 4.78 is 13.1. The molecule has 92 valence electrons. The second-order valence-electron chi connectivity index (χ2n) is 4.60. The Kier molecular flexibility index (Phi) is 3.43. The number of nitrogens with zero attached hydrogens (tertiary/aromatic N) is 1. The van der Waals surface area contributed by atoms with E-state index in [1.165, 1.54) is 12.1 Å². The first-order chi connectivity index (χ1) is 8.11. The number of benzene rings is 1. The molecule has 2 N–H and O–H groups in total. The number of carbonyl (C=O) groups is 1. The minimum atomic E-state index is -0.367. The molecule has 0 aromatic heterocycles. The maximum atomic E-state index is 13.1. The molecule has 0 bridgehead atoms. The van der Waals surface area contributed by atoms with Gasteiger partial charge in [-0.25, -0.2) is 4.39 Å². The SMILES string of the molecule is Cc1ccc(F)cc1C(=O)N1CC[C@@H](CN)C1. The van der Waals surface area contributed by atoms with Crippen LogP contribution in [0, 0.1) is 18.7 Å². The van der Waals surface area contributed by atoms with Crippen molar-refractivity contribution in [3.05, 3.63) is 35.1 Å². The van der Waals surface area contributed by atoms with Gasteiger partial charge in [-0.05, 0) is 43.5 Å². The predicted molar refractivity (Wildman–Crippen MR) is 64.2 cm³/mol. The zero-order chi connectivity index (χ0) is 12.4. The molecular formula is C13H17FN2O. The first kappa shape index (κ1) is 12.0. The van der Waals surface area contributed by atoms with Crippen LogP contribution in [0.5, 0.6) is 0 Å². The molecule has 1 atom stereocenters. The molecule has 1 aromatic carbocycles. The van der Waals surface area contributed by atoms with E-state index in [-0.39, 0.29) is 11.7 Å². The van der Waals surface area contributed by atoms with E-state index >= 15 is 0 Å². The number of aryl methyl sites for hydroxylation is 1. The van der Waals surface area contributed by atoms with Gasteiger partial charge in [0.25, 0.3) is 5.91 Å². The standard InChI is InChI=1S/C13H17FN2O/c1-9-2-3-11(14)6-12(9)13(17)16-5-4-10(7-15)8-16/h2-3,6,10H,4-5,7-8,15H2,1H3/t10-/m0/s1. The molecule has 0 aliphatic carbocycles. The number of amides is 1. The number of carbonyl (C=O) groups excluding carboxylic acids is 1. The van der Waals surface area contributed by atoms with E-state index in [9.17, 15) is 9.18 Å². The van der Waals surface area contributed by atoms with Gasteiger partial charge in [0.1, 0.15) is 5.82 Å². The lowest BCUT2D eigenvalue weighted by atomic mass is 10.1. The summed E-state index contributed by atoms with van der Waals surface area (Å²) in [5.74, 6) is -0.0701. The Morgan fingerprint density at radius 3 is 3.00 bits per heavy atom. The maximum Gasteiger partial charge on any atom is 0.254 e. The van der Waals surface area contributed by atoms with Crippen molar-refractivity contribution in [3.63, 3.8) is 0 Å². The lowest BCUT2D eigenvalue weighted by Gasteiger charge is -2.17. The van der Waals surface area contributed by atoms with E-state index in [2.05, 4.69) is 0 Å². The molecule has 1 heterocycles. The second-order valence-corrected chi connectivity index (χ2v) is 4.60. The third kappa shape index (κ3) is 2.47. The number of likely N-dealkylation sites (tertiary alicyclic amines) is 1. The number of hydrogen-bond donors (Lipinski definition) is 1. The van der Waals surface area contributed by atoms with E-state index < -0.39 is 0 Å². The van der Waals surface area contributed by atoms with Crippen LogP contribution in [-0.4, -0.2) is 30.4 Å². The van der Waals surface area contributed by atoms with Crippen LogP contribution in [-0.2, 0) is 0 Å². The Morgan fingerprint density at radius 2 is 2.35 bits per heavy atom. The molecule has 0 saturated carbocycles. The highest BCUT2D eigenvalue weighted by Crippen LogP contribution is 2.20. The van der Waals surface area contributed by atoms with Crippen LogP contribution < -0.4 is 5.73 Å². The van der Waals surface area contributed by atoms with Gasteiger partial charge in [0.2, 0.25) is 0 Å². The van der Waals surface area contributed by atoms with E-state index in [1.54, 1.807) is 11.0 Å². The van der Waals surface area contributed by atoms with Gasteiger partial charge in [-0.1, -0.05) is 6.07 Å². The third-order valence-electron chi connectivity index (χ3n) is 3.34. The fraction of sp³-hybridized carbons (Fsp3) is 0.462. The Hall–Kier alpha value is -1.42. The van der Waals surface area contributed by atoms with Crippen molar-refractivity contribution in [2.45, 2.75) is 13.3 Å². The number of hydrogen-bond acceptors (Lipinski definition) is 2. The smallest absolute Gasteiger partial charge is 0.254 e. The Bertz CT molecular complexity index is 433. The van der Waals surface area contributed by atoms with E-state index in [0.29, 0.717) is 24.6 Å². The summed E-state index contributed by atoms with van der Waals surface area (Å²) in [5, 5.41) is 0. The first-order valence-electron chi connectivity index (χ1n) is 5.87. The highest BCUT2D eigenvalue weighted by molar-refractivity contribution is 5.95. The molecule has 3 nitrogen and oxygen atoms in total. The van der Waals surface area contributed by atoms with Crippen molar-refractivity contribution in [1.82, 2.24) is 4.90 Å². The number of rotatable bonds is 2. The minimum absolute atomic E-state index is 0.0852. The summed E-state index contributed by atoms with van der Waals surface area (Å²) in [6.45, 7) is 3.83. The van der Waals surface area contributed by atoms with E-state index in [4.69, 9.17) is 5.73 Å². The zero-order valence-corrected chi connectivity index (χ0v) is 9.95. The summed E-state index contributed by atoms with van der Waals surface area (Å²) >= 11 is 0. The van der Waals surface area contributed by atoms with Crippen LogP contribution in [0.2, 0.25) is 0 Å². The molecule has 1 amide bonds. The monoisotopic (exact) mass is 236 g/mol. The van der Waals surface area contributed by atoms with Crippen LogP contribution in [0.3, 0.4) is 0 Å². The molecular weight excluding hydrogens is 219 g/mol. The van der Waals surface area contributed by atoms with Crippen LogP contribution in [0.4, 0.5) is 4.39 Å². The Morgan fingerprint density at radius 1 is 1.59 bits per heavy atom. The normalized spacial score (nSPS) is 19.7. The predicted octanol–water partition coefficient (Wildman–Crippen LogP) is 1.55. The molecule has 1 aromatic rings. The van der Waals surface area contributed by atoms with Crippen molar-refractivity contribution in [2.24, 2.45) is 11.7 Å².